The number of nitrogens with zero attached hydrogens (tertiary/aromatic N) is 5. The van der Waals surface area contributed by atoms with E-state index in [4.69, 9.17) is 28.2 Å². The topological polar surface area (TPSA) is 55.7 Å². The van der Waals surface area contributed by atoms with Gasteiger partial charge in [0.2, 0.25) is 0 Å². The molecule has 3 aromatic rings. The van der Waals surface area contributed by atoms with Crippen LogP contribution in [0.15, 0.2) is 48.7 Å². The summed E-state index contributed by atoms with van der Waals surface area (Å²) in [5.74, 6) is 0.790. The fourth-order valence-corrected chi connectivity index (χ4v) is 4.84. The van der Waals surface area contributed by atoms with Gasteiger partial charge in [0, 0.05) is 55.9 Å². The van der Waals surface area contributed by atoms with Gasteiger partial charge in [-0.05, 0) is 35.9 Å². The maximum Gasteiger partial charge on any atom is 0.147 e. The zero-order valence-electron chi connectivity index (χ0n) is 17.2. The first-order valence-electron chi connectivity index (χ1n) is 10.6. The standard InChI is InChI=1S/C23H25Cl2N5O/c24-17-3-1-16(2-4-17)13-28-7-9-29(10-8-28)21-14-30(15-22(21)31)23-12-26-19-6-5-18(25)11-20(19)27-23/h1-6,11-12,21-22,31H,7-10,13-15H2/t21-,22-/m0/s1. The largest absolute Gasteiger partial charge is 0.390 e. The highest BCUT2D eigenvalue weighted by Crippen LogP contribution is 2.25. The van der Waals surface area contributed by atoms with Crippen LogP contribution < -0.4 is 4.90 Å². The number of hydrogen-bond acceptors (Lipinski definition) is 6. The number of piperazine rings is 1. The van der Waals surface area contributed by atoms with Gasteiger partial charge in [-0.25, -0.2) is 4.98 Å². The summed E-state index contributed by atoms with van der Waals surface area (Å²) in [5, 5.41) is 12.2. The SMILES string of the molecule is O[C@H]1CN(c2cnc3ccc(Cl)cc3n2)C[C@@H]1N1CCN(Cc2ccc(Cl)cc2)CC1. The molecule has 2 atom stereocenters. The summed E-state index contributed by atoms with van der Waals surface area (Å²) >= 11 is 12.1. The third-order valence-corrected chi connectivity index (χ3v) is 6.76. The monoisotopic (exact) mass is 457 g/mol. The van der Waals surface area contributed by atoms with Crippen LogP contribution in [0, 0.1) is 0 Å². The van der Waals surface area contributed by atoms with Gasteiger partial charge < -0.3 is 10.0 Å². The molecule has 1 N–H and O–H groups in total. The van der Waals surface area contributed by atoms with Crippen LogP contribution in [0.2, 0.25) is 10.0 Å². The van der Waals surface area contributed by atoms with Gasteiger partial charge in [0.25, 0.3) is 0 Å². The Morgan fingerprint density at radius 2 is 1.65 bits per heavy atom. The van der Waals surface area contributed by atoms with Crippen molar-refractivity contribution in [2.24, 2.45) is 0 Å². The molecule has 2 saturated heterocycles. The molecule has 2 aromatic carbocycles. The molecular weight excluding hydrogens is 433 g/mol. The number of rotatable bonds is 4. The summed E-state index contributed by atoms with van der Waals surface area (Å²) in [6.45, 7) is 6.11. The summed E-state index contributed by atoms with van der Waals surface area (Å²) in [7, 11) is 0. The maximum absolute atomic E-state index is 10.8. The van der Waals surface area contributed by atoms with Crippen LogP contribution in [0.4, 0.5) is 5.82 Å². The normalized spacial score (nSPS) is 23.0. The summed E-state index contributed by atoms with van der Waals surface area (Å²) in [6, 6.07) is 13.7. The highest BCUT2D eigenvalue weighted by Gasteiger charge is 2.37. The molecule has 162 valence electrons. The first-order chi connectivity index (χ1) is 15.0. The molecule has 0 unspecified atom stereocenters. The van der Waals surface area contributed by atoms with Crippen molar-refractivity contribution in [2.75, 3.05) is 44.2 Å². The van der Waals surface area contributed by atoms with E-state index >= 15 is 0 Å². The van der Waals surface area contributed by atoms with E-state index in [1.807, 2.05) is 30.3 Å². The lowest BCUT2D eigenvalue weighted by molar-refractivity contribution is 0.0424. The van der Waals surface area contributed by atoms with Gasteiger partial charge in [-0.2, -0.15) is 0 Å². The van der Waals surface area contributed by atoms with Crippen LogP contribution in [0.1, 0.15) is 5.56 Å². The predicted octanol–water partition coefficient (Wildman–Crippen LogP) is 3.30. The number of fused-ring (bicyclic) bond motifs is 1. The Balaban J connectivity index is 1.21. The fraction of sp³-hybridized carbons (Fsp3) is 0.391. The first-order valence-corrected chi connectivity index (χ1v) is 11.4. The van der Waals surface area contributed by atoms with Crippen molar-refractivity contribution in [3.63, 3.8) is 0 Å². The Morgan fingerprint density at radius 3 is 2.42 bits per heavy atom. The molecule has 5 rings (SSSR count). The van der Waals surface area contributed by atoms with E-state index in [1.165, 1.54) is 5.56 Å². The summed E-state index contributed by atoms with van der Waals surface area (Å²) in [6.07, 6.45) is 1.38. The molecule has 0 radical (unpaired) electrons. The molecule has 2 aliphatic heterocycles. The van der Waals surface area contributed by atoms with E-state index in [2.05, 4.69) is 31.8 Å². The Hall–Kier alpha value is -1.96. The average Bonchev–Trinajstić information content (AvgIpc) is 3.17. The smallest absolute Gasteiger partial charge is 0.147 e. The molecule has 0 bridgehead atoms. The van der Waals surface area contributed by atoms with Crippen LogP contribution in [-0.4, -0.2) is 76.3 Å². The minimum absolute atomic E-state index is 0.106. The molecule has 8 heteroatoms. The lowest BCUT2D eigenvalue weighted by Gasteiger charge is -2.38. The second-order valence-electron chi connectivity index (χ2n) is 8.34. The molecule has 0 aliphatic carbocycles. The van der Waals surface area contributed by atoms with Crippen LogP contribution >= 0.6 is 23.2 Å². The number of β-amino-alcohol motifs (C(OH)–C–C–N with tert-alkyl or cyclic N) is 1. The number of halogens is 2. The number of anilines is 1. The van der Waals surface area contributed by atoms with Gasteiger partial charge in [0.05, 0.1) is 29.4 Å². The van der Waals surface area contributed by atoms with E-state index in [9.17, 15) is 5.11 Å². The average molecular weight is 458 g/mol. The van der Waals surface area contributed by atoms with Gasteiger partial charge in [0.1, 0.15) is 5.82 Å². The van der Waals surface area contributed by atoms with Gasteiger partial charge in [-0.15, -0.1) is 0 Å². The van der Waals surface area contributed by atoms with Gasteiger partial charge in [0.15, 0.2) is 0 Å². The molecule has 0 spiro atoms. The summed E-state index contributed by atoms with van der Waals surface area (Å²) < 4.78 is 0. The van der Waals surface area contributed by atoms with Crippen LogP contribution in [0.25, 0.3) is 11.0 Å². The van der Waals surface area contributed by atoms with E-state index in [1.54, 1.807) is 6.20 Å². The van der Waals surface area contributed by atoms with Crippen molar-refractivity contribution < 1.29 is 5.11 Å². The van der Waals surface area contributed by atoms with Gasteiger partial charge in [-0.3, -0.25) is 14.8 Å². The molecule has 31 heavy (non-hydrogen) atoms. The Morgan fingerprint density at radius 1 is 0.903 bits per heavy atom. The third-order valence-electron chi connectivity index (χ3n) is 6.27. The van der Waals surface area contributed by atoms with Crippen molar-refractivity contribution in [1.82, 2.24) is 19.8 Å². The van der Waals surface area contributed by atoms with Crippen molar-refractivity contribution in [3.05, 3.63) is 64.3 Å². The molecule has 2 fully saturated rings. The quantitative estimate of drug-likeness (QED) is 0.648. The maximum atomic E-state index is 10.8. The minimum Gasteiger partial charge on any atom is -0.390 e. The Labute approximate surface area is 192 Å². The van der Waals surface area contributed by atoms with Crippen LogP contribution in [0.5, 0.6) is 0 Å². The molecule has 1 aromatic heterocycles. The lowest BCUT2D eigenvalue weighted by Crippen LogP contribution is -2.53. The minimum atomic E-state index is -0.403. The molecule has 3 heterocycles. The second-order valence-corrected chi connectivity index (χ2v) is 9.21. The van der Waals surface area contributed by atoms with Crippen LogP contribution in [-0.2, 0) is 6.54 Å². The van der Waals surface area contributed by atoms with Crippen molar-refractivity contribution in [2.45, 2.75) is 18.7 Å². The first kappa shape index (κ1) is 20.9. The summed E-state index contributed by atoms with van der Waals surface area (Å²) in [5.41, 5.74) is 2.87. The van der Waals surface area contributed by atoms with Crippen molar-refractivity contribution >= 4 is 40.1 Å². The van der Waals surface area contributed by atoms with Crippen LogP contribution in [0.3, 0.4) is 0 Å². The van der Waals surface area contributed by atoms with E-state index < -0.39 is 6.10 Å². The van der Waals surface area contributed by atoms with Crippen molar-refractivity contribution in [3.8, 4) is 0 Å². The number of aromatic nitrogens is 2. The zero-order chi connectivity index (χ0) is 21.4. The molecule has 6 nitrogen and oxygen atoms in total. The third kappa shape index (κ3) is 4.64. The number of aliphatic hydroxyl groups excluding tert-OH is 1. The molecule has 0 amide bonds. The summed E-state index contributed by atoms with van der Waals surface area (Å²) in [4.78, 5) is 16.2. The molecule has 2 aliphatic rings. The lowest BCUT2D eigenvalue weighted by atomic mass is 10.1. The molecular formula is C23H25Cl2N5O. The number of benzene rings is 2. The van der Waals surface area contributed by atoms with Crippen molar-refractivity contribution in [1.29, 1.82) is 0 Å². The van der Waals surface area contributed by atoms with E-state index in [-0.39, 0.29) is 6.04 Å². The predicted molar refractivity (Wildman–Crippen MR) is 125 cm³/mol. The number of aliphatic hydroxyl groups is 1. The van der Waals surface area contributed by atoms with E-state index in [0.717, 1.165) is 61.1 Å². The second kappa shape index (κ2) is 8.88. The molecule has 0 saturated carbocycles. The highest BCUT2D eigenvalue weighted by atomic mass is 35.5. The Bertz CT molecular complexity index is 1060. The van der Waals surface area contributed by atoms with Gasteiger partial charge >= 0.3 is 0 Å². The number of hydrogen-bond donors (Lipinski definition) is 1. The highest BCUT2D eigenvalue weighted by molar-refractivity contribution is 6.31. The zero-order valence-corrected chi connectivity index (χ0v) is 18.7. The van der Waals surface area contributed by atoms with E-state index in [0.29, 0.717) is 11.6 Å². The van der Waals surface area contributed by atoms with Gasteiger partial charge in [-0.1, -0.05) is 35.3 Å². The Kier molecular flexibility index (Phi) is 5.99. The fourth-order valence-electron chi connectivity index (χ4n) is 4.54.